The number of rotatable bonds is 5. The number of nitrogens with two attached hydrogens (primary N) is 1. The molecule has 1 unspecified atom stereocenters. The van der Waals surface area contributed by atoms with Crippen LogP contribution in [-0.4, -0.2) is 11.0 Å². The summed E-state index contributed by atoms with van der Waals surface area (Å²) >= 11 is 6.79. The van der Waals surface area contributed by atoms with E-state index in [1.165, 1.54) is 10.4 Å². The van der Waals surface area contributed by atoms with Gasteiger partial charge in [-0.05, 0) is 49.1 Å². The highest BCUT2D eigenvalue weighted by atomic mass is 32.1. The molecule has 1 aromatic carbocycles. The molecule has 0 amide bonds. The van der Waals surface area contributed by atoms with Crippen molar-refractivity contribution in [3.63, 3.8) is 0 Å². The number of thiocarbonyl (C=S) groups is 1. The van der Waals surface area contributed by atoms with Crippen LogP contribution < -0.4 is 11.1 Å². The van der Waals surface area contributed by atoms with Crippen molar-refractivity contribution in [2.24, 2.45) is 5.73 Å². The molecule has 2 aromatic rings. The van der Waals surface area contributed by atoms with Crippen LogP contribution in [0.15, 0.2) is 35.7 Å². The lowest BCUT2D eigenvalue weighted by molar-refractivity contribution is 0.799. The molecule has 1 aromatic heterocycles. The molecule has 0 saturated heterocycles. The number of hydrogen-bond donors (Lipinski definition) is 2. The first-order valence-electron chi connectivity index (χ1n) is 6.25. The third-order valence-electron chi connectivity index (χ3n) is 3.00. The summed E-state index contributed by atoms with van der Waals surface area (Å²) in [6.45, 7) is 4.27. The van der Waals surface area contributed by atoms with Crippen molar-refractivity contribution in [1.29, 1.82) is 0 Å². The van der Waals surface area contributed by atoms with Gasteiger partial charge in [0.25, 0.3) is 0 Å². The van der Waals surface area contributed by atoms with Crippen LogP contribution in [0.3, 0.4) is 0 Å². The zero-order valence-electron chi connectivity index (χ0n) is 11.1. The Hall–Kier alpha value is -1.39. The van der Waals surface area contributed by atoms with Gasteiger partial charge in [-0.1, -0.05) is 18.3 Å². The molecule has 100 valence electrons. The minimum Gasteiger partial charge on any atom is -0.389 e. The van der Waals surface area contributed by atoms with Crippen LogP contribution in [0, 0.1) is 6.92 Å². The maximum Gasteiger partial charge on any atom is 0.103 e. The van der Waals surface area contributed by atoms with Gasteiger partial charge >= 0.3 is 0 Å². The summed E-state index contributed by atoms with van der Waals surface area (Å²) in [7, 11) is 0. The molecule has 0 radical (unpaired) electrons. The molecule has 3 N–H and O–H groups in total. The van der Waals surface area contributed by atoms with Crippen LogP contribution in [0.25, 0.3) is 0 Å². The monoisotopic (exact) mass is 290 g/mol. The van der Waals surface area contributed by atoms with Crippen LogP contribution in [0.4, 0.5) is 5.69 Å². The van der Waals surface area contributed by atoms with E-state index in [4.69, 9.17) is 18.0 Å². The number of thiophene rings is 1. The Morgan fingerprint density at radius 2 is 2.21 bits per heavy atom. The van der Waals surface area contributed by atoms with Crippen LogP contribution >= 0.6 is 23.6 Å². The Labute approximate surface area is 123 Å². The number of anilines is 1. The summed E-state index contributed by atoms with van der Waals surface area (Å²) in [5.41, 5.74) is 8.87. The standard InChI is InChI=1S/C15H18N2S2/c1-10-8-12(15(16)18)5-6-14(10)17-11(2)9-13-4-3-7-19-13/h3-8,11,17H,9H2,1-2H3,(H2,16,18). The second-order valence-corrected chi connectivity index (χ2v) is 6.19. The third kappa shape index (κ3) is 3.78. The normalized spacial score (nSPS) is 12.1. The molecule has 0 aliphatic heterocycles. The van der Waals surface area contributed by atoms with Gasteiger partial charge in [-0.3, -0.25) is 0 Å². The van der Waals surface area contributed by atoms with Gasteiger partial charge in [0.15, 0.2) is 0 Å². The SMILES string of the molecule is Cc1cc(C(N)=S)ccc1NC(C)Cc1cccs1. The van der Waals surface area contributed by atoms with E-state index in [0.717, 1.165) is 17.7 Å². The Kier molecular flexibility index (Phi) is 4.56. The molecular formula is C15H18N2S2. The third-order valence-corrected chi connectivity index (χ3v) is 4.13. The van der Waals surface area contributed by atoms with Gasteiger partial charge in [0, 0.05) is 28.6 Å². The van der Waals surface area contributed by atoms with E-state index in [1.807, 2.05) is 12.1 Å². The first-order valence-corrected chi connectivity index (χ1v) is 7.54. The van der Waals surface area contributed by atoms with Crippen molar-refractivity contribution in [1.82, 2.24) is 0 Å². The van der Waals surface area contributed by atoms with E-state index in [1.54, 1.807) is 11.3 Å². The molecule has 0 spiro atoms. The number of benzene rings is 1. The van der Waals surface area contributed by atoms with Crippen LogP contribution in [0.1, 0.15) is 22.9 Å². The molecule has 1 atom stereocenters. The van der Waals surface area contributed by atoms with E-state index in [0.29, 0.717) is 11.0 Å². The fraction of sp³-hybridized carbons (Fsp3) is 0.267. The fourth-order valence-corrected chi connectivity index (χ4v) is 2.99. The van der Waals surface area contributed by atoms with Crippen molar-refractivity contribution in [2.45, 2.75) is 26.3 Å². The molecule has 1 heterocycles. The van der Waals surface area contributed by atoms with Gasteiger partial charge in [0.1, 0.15) is 4.99 Å². The first-order chi connectivity index (χ1) is 9.06. The molecule has 4 heteroatoms. The average Bonchev–Trinajstić information content (AvgIpc) is 2.84. The zero-order valence-corrected chi connectivity index (χ0v) is 12.8. The summed E-state index contributed by atoms with van der Waals surface area (Å²) in [6.07, 6.45) is 1.04. The topological polar surface area (TPSA) is 38.0 Å². The van der Waals surface area contributed by atoms with Gasteiger partial charge in [-0.2, -0.15) is 0 Å². The summed E-state index contributed by atoms with van der Waals surface area (Å²) in [6, 6.07) is 10.7. The Balaban J connectivity index is 2.04. The summed E-state index contributed by atoms with van der Waals surface area (Å²) in [5, 5.41) is 5.65. The highest BCUT2D eigenvalue weighted by Crippen LogP contribution is 2.19. The molecule has 0 fully saturated rings. The largest absolute Gasteiger partial charge is 0.389 e. The van der Waals surface area contributed by atoms with E-state index in [-0.39, 0.29) is 0 Å². The maximum atomic E-state index is 5.64. The zero-order chi connectivity index (χ0) is 13.8. The summed E-state index contributed by atoms with van der Waals surface area (Å²) < 4.78 is 0. The Bertz CT molecular complexity index is 562. The van der Waals surface area contributed by atoms with Crippen molar-refractivity contribution in [3.05, 3.63) is 51.7 Å². The molecule has 0 aliphatic rings. The minimum atomic E-state index is 0.396. The summed E-state index contributed by atoms with van der Waals surface area (Å²) in [5.74, 6) is 0. The van der Waals surface area contributed by atoms with E-state index >= 15 is 0 Å². The van der Waals surface area contributed by atoms with Gasteiger partial charge < -0.3 is 11.1 Å². The summed E-state index contributed by atoms with van der Waals surface area (Å²) in [4.78, 5) is 1.85. The highest BCUT2D eigenvalue weighted by molar-refractivity contribution is 7.80. The fourth-order valence-electron chi connectivity index (χ4n) is 2.03. The molecule has 19 heavy (non-hydrogen) atoms. The molecule has 0 bridgehead atoms. The minimum absolute atomic E-state index is 0.396. The van der Waals surface area contributed by atoms with Crippen molar-refractivity contribution >= 4 is 34.2 Å². The quantitative estimate of drug-likeness (QED) is 0.824. The molecule has 2 rings (SSSR count). The van der Waals surface area contributed by atoms with Crippen LogP contribution in [-0.2, 0) is 6.42 Å². The smallest absolute Gasteiger partial charge is 0.103 e. The van der Waals surface area contributed by atoms with Crippen LogP contribution in [0.2, 0.25) is 0 Å². The van der Waals surface area contributed by atoms with Crippen molar-refractivity contribution < 1.29 is 0 Å². The first kappa shape index (κ1) is 14.0. The lowest BCUT2D eigenvalue weighted by Crippen LogP contribution is -2.18. The Morgan fingerprint density at radius 1 is 1.42 bits per heavy atom. The van der Waals surface area contributed by atoms with E-state index in [2.05, 4.69) is 42.7 Å². The molecule has 2 nitrogen and oxygen atoms in total. The number of hydrogen-bond acceptors (Lipinski definition) is 3. The van der Waals surface area contributed by atoms with Gasteiger partial charge in [0.2, 0.25) is 0 Å². The maximum absolute atomic E-state index is 5.64. The highest BCUT2D eigenvalue weighted by Gasteiger charge is 2.07. The lowest BCUT2D eigenvalue weighted by Gasteiger charge is -2.17. The average molecular weight is 290 g/mol. The van der Waals surface area contributed by atoms with Gasteiger partial charge in [0.05, 0.1) is 0 Å². The van der Waals surface area contributed by atoms with Crippen LogP contribution in [0.5, 0.6) is 0 Å². The molecule has 0 saturated carbocycles. The van der Waals surface area contributed by atoms with Gasteiger partial charge in [-0.25, -0.2) is 0 Å². The molecular weight excluding hydrogens is 272 g/mol. The van der Waals surface area contributed by atoms with Gasteiger partial charge in [-0.15, -0.1) is 11.3 Å². The van der Waals surface area contributed by atoms with E-state index in [9.17, 15) is 0 Å². The lowest BCUT2D eigenvalue weighted by atomic mass is 10.1. The van der Waals surface area contributed by atoms with Crippen molar-refractivity contribution in [2.75, 3.05) is 5.32 Å². The van der Waals surface area contributed by atoms with Crippen molar-refractivity contribution in [3.8, 4) is 0 Å². The number of aryl methyl sites for hydroxylation is 1. The second-order valence-electron chi connectivity index (χ2n) is 4.72. The molecule has 0 aliphatic carbocycles. The number of nitrogens with one attached hydrogen (secondary N) is 1. The predicted octanol–water partition coefficient (Wildman–Crippen LogP) is 3.73. The Morgan fingerprint density at radius 3 is 2.79 bits per heavy atom. The second kappa shape index (κ2) is 6.17. The predicted molar refractivity (Wildman–Crippen MR) is 88.2 cm³/mol. The van der Waals surface area contributed by atoms with E-state index < -0.39 is 0 Å².